The van der Waals surface area contributed by atoms with Crippen LogP contribution in [0.2, 0.25) is 0 Å². The van der Waals surface area contributed by atoms with E-state index in [4.69, 9.17) is 13.8 Å². The van der Waals surface area contributed by atoms with Crippen molar-refractivity contribution in [3.8, 4) is 39.4 Å². The SMILES string of the molecule is c1ccc(-c2cccc(-c3cc4oc5ccccc5c4c4nc(-c5ccc(-n6c7ccccc7c7ccc8ccccc8c76)cc5)oc34)c2)cc1. The third kappa shape index (κ3) is 4.23. The minimum absolute atomic E-state index is 0.572. The highest BCUT2D eigenvalue weighted by Gasteiger charge is 2.22. The van der Waals surface area contributed by atoms with E-state index in [0.717, 1.165) is 66.5 Å². The van der Waals surface area contributed by atoms with Crippen molar-refractivity contribution in [1.82, 2.24) is 9.55 Å². The number of oxazole rings is 1. The third-order valence-corrected chi connectivity index (χ3v) is 10.2. The molecule has 0 radical (unpaired) electrons. The molecule has 0 bridgehead atoms. The lowest BCUT2D eigenvalue weighted by molar-refractivity contribution is 0.620. The first-order valence-corrected chi connectivity index (χ1v) is 17.2. The van der Waals surface area contributed by atoms with Crippen molar-refractivity contribution in [1.29, 1.82) is 0 Å². The molecular weight excluding hydrogens is 625 g/mol. The van der Waals surface area contributed by atoms with Crippen LogP contribution in [0.3, 0.4) is 0 Å². The van der Waals surface area contributed by atoms with Gasteiger partial charge in [0.2, 0.25) is 5.89 Å². The van der Waals surface area contributed by atoms with E-state index in [1.165, 1.54) is 32.6 Å². The summed E-state index contributed by atoms with van der Waals surface area (Å²) >= 11 is 0. The van der Waals surface area contributed by atoms with Crippen molar-refractivity contribution < 1.29 is 8.83 Å². The Bertz CT molecular complexity index is 3130. The van der Waals surface area contributed by atoms with Crippen LogP contribution in [0, 0.1) is 0 Å². The van der Waals surface area contributed by atoms with Gasteiger partial charge in [0.15, 0.2) is 5.58 Å². The average Bonchev–Trinajstić information content (AvgIpc) is 3.90. The van der Waals surface area contributed by atoms with Gasteiger partial charge in [0, 0.05) is 38.4 Å². The molecule has 11 rings (SSSR count). The fourth-order valence-corrected chi connectivity index (χ4v) is 7.87. The van der Waals surface area contributed by atoms with Crippen LogP contribution in [0.15, 0.2) is 179 Å². The van der Waals surface area contributed by atoms with Crippen LogP contribution in [0.4, 0.5) is 0 Å². The second kappa shape index (κ2) is 10.8. The topological polar surface area (TPSA) is 44.1 Å². The summed E-state index contributed by atoms with van der Waals surface area (Å²) in [6, 6.07) is 59.6. The fraction of sp³-hybridized carbons (Fsp3) is 0. The van der Waals surface area contributed by atoms with Gasteiger partial charge in [-0.05, 0) is 70.6 Å². The molecule has 8 aromatic carbocycles. The van der Waals surface area contributed by atoms with E-state index in [1.54, 1.807) is 0 Å². The van der Waals surface area contributed by atoms with Gasteiger partial charge in [-0.2, -0.15) is 0 Å². The number of para-hydroxylation sites is 2. The molecule has 11 aromatic rings. The zero-order valence-corrected chi connectivity index (χ0v) is 27.4. The van der Waals surface area contributed by atoms with Crippen molar-refractivity contribution in [3.05, 3.63) is 170 Å². The molecule has 3 heterocycles. The second-order valence-electron chi connectivity index (χ2n) is 13.1. The van der Waals surface area contributed by atoms with Crippen LogP contribution < -0.4 is 0 Å². The molecule has 0 unspecified atom stereocenters. The largest absolute Gasteiger partial charge is 0.456 e. The van der Waals surface area contributed by atoms with Crippen LogP contribution in [0.5, 0.6) is 0 Å². The maximum absolute atomic E-state index is 6.78. The van der Waals surface area contributed by atoms with Gasteiger partial charge >= 0.3 is 0 Å². The Morgan fingerprint density at radius 2 is 1.18 bits per heavy atom. The molecule has 0 fully saturated rings. The normalized spacial score (nSPS) is 11.9. The van der Waals surface area contributed by atoms with Crippen LogP contribution in [-0.4, -0.2) is 9.55 Å². The predicted octanol–water partition coefficient (Wildman–Crippen LogP) is 13.0. The molecule has 0 atom stereocenters. The Kier molecular flexibility index (Phi) is 5.92. The minimum atomic E-state index is 0.572. The lowest BCUT2D eigenvalue weighted by Gasteiger charge is -2.10. The molecule has 0 aliphatic heterocycles. The van der Waals surface area contributed by atoms with Crippen molar-refractivity contribution in [2.24, 2.45) is 0 Å². The molecule has 0 N–H and O–H groups in total. The van der Waals surface area contributed by atoms with Gasteiger partial charge in [-0.25, -0.2) is 4.98 Å². The Labute approximate surface area is 292 Å². The lowest BCUT2D eigenvalue weighted by atomic mass is 9.97. The summed E-state index contributed by atoms with van der Waals surface area (Å²) in [4.78, 5) is 5.20. The molecular formula is C47H28N2O2. The molecule has 3 aromatic heterocycles. The van der Waals surface area contributed by atoms with E-state index in [-0.39, 0.29) is 0 Å². The highest BCUT2D eigenvalue weighted by molar-refractivity contribution is 6.20. The van der Waals surface area contributed by atoms with Gasteiger partial charge in [0.25, 0.3) is 0 Å². The van der Waals surface area contributed by atoms with Gasteiger partial charge in [0.05, 0.1) is 16.4 Å². The van der Waals surface area contributed by atoms with Crippen molar-refractivity contribution in [2.45, 2.75) is 0 Å². The molecule has 0 aliphatic rings. The number of furan rings is 1. The van der Waals surface area contributed by atoms with Crippen LogP contribution in [0.1, 0.15) is 0 Å². The molecule has 0 spiro atoms. The molecule has 0 amide bonds. The molecule has 4 nitrogen and oxygen atoms in total. The first kappa shape index (κ1) is 28.0. The van der Waals surface area contributed by atoms with Crippen LogP contribution >= 0.6 is 0 Å². The molecule has 238 valence electrons. The monoisotopic (exact) mass is 652 g/mol. The van der Waals surface area contributed by atoms with Crippen molar-refractivity contribution in [2.75, 3.05) is 0 Å². The fourth-order valence-electron chi connectivity index (χ4n) is 7.87. The summed E-state index contributed by atoms with van der Waals surface area (Å²) in [7, 11) is 0. The summed E-state index contributed by atoms with van der Waals surface area (Å²) in [5.41, 5.74) is 11.8. The number of benzene rings is 8. The number of hydrogen-bond acceptors (Lipinski definition) is 3. The summed E-state index contributed by atoms with van der Waals surface area (Å²) in [6.07, 6.45) is 0. The highest BCUT2D eigenvalue weighted by atomic mass is 16.4. The van der Waals surface area contributed by atoms with E-state index in [1.807, 2.05) is 24.3 Å². The van der Waals surface area contributed by atoms with E-state index < -0.39 is 0 Å². The summed E-state index contributed by atoms with van der Waals surface area (Å²) in [6.45, 7) is 0. The van der Waals surface area contributed by atoms with E-state index in [2.05, 4.69) is 150 Å². The van der Waals surface area contributed by atoms with E-state index >= 15 is 0 Å². The van der Waals surface area contributed by atoms with Crippen molar-refractivity contribution in [3.63, 3.8) is 0 Å². The maximum Gasteiger partial charge on any atom is 0.227 e. The van der Waals surface area contributed by atoms with Gasteiger partial charge in [0.1, 0.15) is 16.7 Å². The van der Waals surface area contributed by atoms with Crippen molar-refractivity contribution >= 4 is 65.6 Å². The smallest absolute Gasteiger partial charge is 0.227 e. The summed E-state index contributed by atoms with van der Waals surface area (Å²) in [5, 5.41) is 6.92. The van der Waals surface area contributed by atoms with E-state index in [9.17, 15) is 0 Å². The highest BCUT2D eigenvalue weighted by Crippen LogP contribution is 2.43. The van der Waals surface area contributed by atoms with Gasteiger partial charge in [-0.3, -0.25) is 0 Å². The summed E-state index contributed by atoms with van der Waals surface area (Å²) < 4.78 is 15.6. The zero-order valence-electron chi connectivity index (χ0n) is 27.4. The summed E-state index contributed by atoms with van der Waals surface area (Å²) in [5.74, 6) is 0.572. The number of rotatable bonds is 4. The second-order valence-corrected chi connectivity index (χ2v) is 13.1. The Morgan fingerprint density at radius 3 is 2.06 bits per heavy atom. The number of fused-ring (bicyclic) bond motifs is 10. The van der Waals surface area contributed by atoms with E-state index in [0.29, 0.717) is 5.89 Å². The number of nitrogens with zero attached hydrogens (tertiary/aromatic N) is 2. The van der Waals surface area contributed by atoms with Gasteiger partial charge in [-0.15, -0.1) is 0 Å². The predicted molar refractivity (Wildman–Crippen MR) is 209 cm³/mol. The number of aromatic nitrogens is 2. The molecule has 4 heteroatoms. The standard InChI is InChI=1S/C47H28N2O2/c1-2-11-29(12-3-1)32-14-10-15-33(27-32)39-28-42-43(38-18-7-9-20-41(38)50-42)44-46(39)51-47(48-44)31-21-24-34(25-22-31)49-40-19-8-6-17-36(40)37-26-23-30-13-4-5-16-35(30)45(37)49/h1-28H. The Morgan fingerprint density at radius 1 is 0.451 bits per heavy atom. The third-order valence-electron chi connectivity index (χ3n) is 10.2. The first-order chi connectivity index (χ1) is 25.3. The molecule has 0 saturated carbocycles. The van der Waals surface area contributed by atoms with Gasteiger partial charge in [-0.1, -0.05) is 121 Å². The minimum Gasteiger partial charge on any atom is -0.456 e. The van der Waals surface area contributed by atoms with Crippen LogP contribution in [0.25, 0.3) is 105 Å². The number of hydrogen-bond donors (Lipinski definition) is 0. The first-order valence-electron chi connectivity index (χ1n) is 17.2. The van der Waals surface area contributed by atoms with Gasteiger partial charge < -0.3 is 13.4 Å². The molecule has 51 heavy (non-hydrogen) atoms. The Balaban J connectivity index is 1.11. The zero-order chi connectivity index (χ0) is 33.5. The Hall–Kier alpha value is -6.91. The van der Waals surface area contributed by atoms with Crippen LogP contribution in [-0.2, 0) is 0 Å². The molecule has 0 aliphatic carbocycles. The quantitative estimate of drug-likeness (QED) is 0.190. The molecule has 0 saturated heterocycles. The average molecular weight is 653 g/mol. The lowest BCUT2D eigenvalue weighted by Crippen LogP contribution is -1.94. The maximum atomic E-state index is 6.78.